The molecule has 0 aliphatic carbocycles. The molecule has 4 heterocycles. The van der Waals surface area contributed by atoms with E-state index in [1.54, 1.807) is 4.40 Å². The summed E-state index contributed by atoms with van der Waals surface area (Å²) >= 11 is 0. The summed E-state index contributed by atoms with van der Waals surface area (Å²) in [7, 11) is 0. The lowest BCUT2D eigenvalue weighted by molar-refractivity contribution is 1.12. The minimum Gasteiger partial charge on any atom is -0.278 e. The number of para-hydroxylation sites is 6. The van der Waals surface area contributed by atoms with Gasteiger partial charge in [0.15, 0.2) is 0 Å². The van der Waals surface area contributed by atoms with Crippen molar-refractivity contribution in [2.75, 3.05) is 0 Å². The molecule has 172 valence electrons. The second-order valence-electron chi connectivity index (χ2n) is 9.49. The largest absolute Gasteiger partial charge is 0.278 e. The maximum atomic E-state index is 13.8. The molecule has 9 rings (SSSR count). The number of hydrogen-bond acceptors (Lipinski definition) is 3. The van der Waals surface area contributed by atoms with E-state index in [-0.39, 0.29) is 5.56 Å². The van der Waals surface area contributed by atoms with Gasteiger partial charge in [0.05, 0.1) is 38.8 Å². The van der Waals surface area contributed by atoms with Gasteiger partial charge >= 0.3 is 0 Å². The van der Waals surface area contributed by atoms with Crippen LogP contribution < -0.4 is 5.56 Å². The fourth-order valence-corrected chi connectivity index (χ4v) is 6.07. The molecule has 0 amide bonds. The van der Waals surface area contributed by atoms with Crippen LogP contribution in [0.1, 0.15) is 0 Å². The molecule has 0 aliphatic heterocycles. The molecule has 37 heavy (non-hydrogen) atoms. The Balaban J connectivity index is 1.50. The molecule has 0 saturated heterocycles. The number of hydrogen-bond donors (Lipinski definition) is 0. The van der Waals surface area contributed by atoms with Gasteiger partial charge in [-0.15, -0.1) is 0 Å². The fraction of sp³-hybridized carbons (Fsp3) is 0. The molecular formula is C31H17N5O. The van der Waals surface area contributed by atoms with Crippen molar-refractivity contribution in [2.45, 2.75) is 0 Å². The lowest BCUT2D eigenvalue weighted by Crippen LogP contribution is -2.13. The molecule has 0 atom stereocenters. The Kier molecular flexibility index (Phi) is 3.34. The van der Waals surface area contributed by atoms with Crippen LogP contribution in [0.25, 0.3) is 71.8 Å². The van der Waals surface area contributed by atoms with Crippen LogP contribution in [-0.2, 0) is 0 Å². The molecule has 0 spiro atoms. The first-order valence-electron chi connectivity index (χ1n) is 12.2. The van der Waals surface area contributed by atoms with E-state index < -0.39 is 0 Å². The van der Waals surface area contributed by atoms with Gasteiger partial charge in [0.25, 0.3) is 5.56 Å². The number of benzene rings is 5. The zero-order valence-corrected chi connectivity index (χ0v) is 19.5. The van der Waals surface area contributed by atoms with Gasteiger partial charge in [-0.05, 0) is 54.6 Å². The minimum absolute atomic E-state index is 0.0481. The molecule has 0 unspecified atom stereocenters. The van der Waals surface area contributed by atoms with Gasteiger partial charge in [0.1, 0.15) is 5.65 Å². The molecule has 0 radical (unpaired) electrons. The molecule has 0 aliphatic rings. The van der Waals surface area contributed by atoms with Gasteiger partial charge in [-0.3, -0.25) is 18.2 Å². The third kappa shape index (κ3) is 2.23. The Hall–Kier alpha value is -5.23. The van der Waals surface area contributed by atoms with E-state index >= 15 is 0 Å². The predicted octanol–water partition coefficient (Wildman–Crippen LogP) is 6.34. The maximum Gasteiger partial charge on any atom is 0.264 e. The standard InChI is InChI=1S/C31H17N5O/c37-30-20-9-7-8-18-23(17-16-19(28(18)20)29-32-21-10-1-4-13-25(21)36(29)30)34-26-14-5-6-15-27(26)35-24-12-3-2-11-22(24)33-31(34)35/h1-17H. The predicted molar refractivity (Wildman–Crippen MR) is 148 cm³/mol. The van der Waals surface area contributed by atoms with Gasteiger partial charge in [-0.1, -0.05) is 48.5 Å². The second-order valence-corrected chi connectivity index (χ2v) is 9.49. The zero-order valence-electron chi connectivity index (χ0n) is 19.5. The highest BCUT2D eigenvalue weighted by molar-refractivity contribution is 6.18. The van der Waals surface area contributed by atoms with Crippen LogP contribution in [0.2, 0.25) is 0 Å². The van der Waals surface area contributed by atoms with E-state index in [0.29, 0.717) is 11.0 Å². The lowest BCUT2D eigenvalue weighted by atomic mass is 10.0. The summed E-state index contributed by atoms with van der Waals surface area (Å²) in [6.07, 6.45) is 0. The van der Waals surface area contributed by atoms with Gasteiger partial charge in [0.2, 0.25) is 5.78 Å². The van der Waals surface area contributed by atoms with Gasteiger partial charge in [-0.2, -0.15) is 0 Å². The quantitative estimate of drug-likeness (QED) is 0.279. The Morgan fingerprint density at radius 3 is 1.97 bits per heavy atom. The van der Waals surface area contributed by atoms with E-state index in [9.17, 15) is 4.79 Å². The normalized spacial score (nSPS) is 12.4. The summed E-state index contributed by atoms with van der Waals surface area (Å²) in [6, 6.07) is 34.6. The Labute approximate surface area is 208 Å². The van der Waals surface area contributed by atoms with Crippen molar-refractivity contribution in [1.82, 2.24) is 23.3 Å². The molecule has 0 bridgehead atoms. The molecule has 9 aromatic rings. The Morgan fingerprint density at radius 2 is 1.16 bits per heavy atom. The molecule has 0 fully saturated rings. The summed E-state index contributed by atoms with van der Waals surface area (Å²) in [5.74, 6) is 0.845. The van der Waals surface area contributed by atoms with Gasteiger partial charge in [-0.25, -0.2) is 9.97 Å². The first-order valence-corrected chi connectivity index (χ1v) is 12.2. The van der Waals surface area contributed by atoms with Crippen LogP contribution in [-0.4, -0.2) is 23.3 Å². The molecule has 6 heteroatoms. The SMILES string of the molecule is O=c1c2cccc3c(-n4c5ccccc5n5c6ccccc6nc45)ccc(c32)c2nc3ccccc3n12. The summed E-state index contributed by atoms with van der Waals surface area (Å²) in [4.78, 5) is 23.7. The van der Waals surface area contributed by atoms with Crippen molar-refractivity contribution >= 4 is 66.1 Å². The van der Waals surface area contributed by atoms with Crippen LogP contribution in [0.5, 0.6) is 0 Å². The van der Waals surface area contributed by atoms with E-state index in [4.69, 9.17) is 9.97 Å². The fourth-order valence-electron chi connectivity index (χ4n) is 6.07. The Bertz CT molecular complexity index is 2440. The summed E-state index contributed by atoms with van der Waals surface area (Å²) < 4.78 is 6.17. The van der Waals surface area contributed by atoms with E-state index in [1.807, 2.05) is 54.6 Å². The highest BCUT2D eigenvalue weighted by Gasteiger charge is 2.21. The van der Waals surface area contributed by atoms with E-state index in [2.05, 4.69) is 57.5 Å². The number of fused-ring (bicyclic) bond motifs is 9. The number of aromatic nitrogens is 5. The summed E-state index contributed by atoms with van der Waals surface area (Å²) in [5, 5.41) is 3.58. The monoisotopic (exact) mass is 475 g/mol. The maximum absolute atomic E-state index is 13.8. The number of imidazole rings is 3. The molecular weight excluding hydrogens is 458 g/mol. The second kappa shape index (κ2) is 6.50. The van der Waals surface area contributed by atoms with Crippen molar-refractivity contribution in [2.24, 2.45) is 0 Å². The van der Waals surface area contributed by atoms with Crippen molar-refractivity contribution in [1.29, 1.82) is 0 Å². The highest BCUT2D eigenvalue weighted by atomic mass is 16.1. The van der Waals surface area contributed by atoms with Crippen molar-refractivity contribution in [3.8, 4) is 5.69 Å². The van der Waals surface area contributed by atoms with Gasteiger partial charge in [0, 0.05) is 21.5 Å². The average molecular weight is 476 g/mol. The molecule has 5 aromatic carbocycles. The number of rotatable bonds is 1. The summed E-state index contributed by atoms with van der Waals surface area (Å²) in [5.41, 5.74) is 7.44. The first kappa shape index (κ1) is 19.0. The van der Waals surface area contributed by atoms with Gasteiger partial charge < -0.3 is 0 Å². The lowest BCUT2D eigenvalue weighted by Gasteiger charge is -2.13. The van der Waals surface area contributed by atoms with Crippen LogP contribution in [0.15, 0.2) is 108 Å². The first-order chi connectivity index (χ1) is 18.3. The van der Waals surface area contributed by atoms with Crippen LogP contribution >= 0.6 is 0 Å². The molecule has 4 aromatic heterocycles. The minimum atomic E-state index is -0.0481. The molecule has 6 nitrogen and oxygen atoms in total. The van der Waals surface area contributed by atoms with Crippen molar-refractivity contribution in [3.05, 3.63) is 113 Å². The Morgan fingerprint density at radius 1 is 0.514 bits per heavy atom. The number of nitrogens with zero attached hydrogens (tertiary/aromatic N) is 5. The third-order valence-corrected chi connectivity index (χ3v) is 7.60. The van der Waals surface area contributed by atoms with E-state index in [0.717, 1.165) is 60.7 Å². The number of pyridine rings is 1. The van der Waals surface area contributed by atoms with E-state index in [1.165, 1.54) is 0 Å². The van der Waals surface area contributed by atoms with Crippen LogP contribution in [0, 0.1) is 0 Å². The van der Waals surface area contributed by atoms with Crippen LogP contribution in [0.3, 0.4) is 0 Å². The van der Waals surface area contributed by atoms with Crippen LogP contribution in [0.4, 0.5) is 0 Å². The summed E-state index contributed by atoms with van der Waals surface area (Å²) in [6.45, 7) is 0. The smallest absolute Gasteiger partial charge is 0.264 e. The zero-order chi connectivity index (χ0) is 24.2. The third-order valence-electron chi connectivity index (χ3n) is 7.60. The van der Waals surface area contributed by atoms with Crippen molar-refractivity contribution < 1.29 is 0 Å². The molecule has 0 saturated carbocycles. The van der Waals surface area contributed by atoms with Crippen molar-refractivity contribution in [3.63, 3.8) is 0 Å². The average Bonchev–Trinajstić information content (AvgIpc) is 3.60. The topological polar surface area (TPSA) is 56.6 Å². The molecule has 0 N–H and O–H groups in total. The highest BCUT2D eigenvalue weighted by Crippen LogP contribution is 2.36.